The van der Waals surface area contributed by atoms with Crippen molar-refractivity contribution >= 4 is 29.6 Å². The summed E-state index contributed by atoms with van der Waals surface area (Å²) in [5.74, 6) is 1.01. The molecule has 0 unspecified atom stereocenters. The molecule has 1 heterocycles. The fourth-order valence-corrected chi connectivity index (χ4v) is 3.26. The van der Waals surface area contributed by atoms with Gasteiger partial charge in [-0.25, -0.2) is 14.1 Å². The number of imide groups is 2. The van der Waals surface area contributed by atoms with Gasteiger partial charge < -0.3 is 9.47 Å². The zero-order valence-corrected chi connectivity index (χ0v) is 17.9. The Kier molecular flexibility index (Phi) is 7.26. The molecule has 1 fully saturated rings. The van der Waals surface area contributed by atoms with Crippen LogP contribution in [0.25, 0.3) is 6.08 Å². The number of halogens is 1. The summed E-state index contributed by atoms with van der Waals surface area (Å²) in [6.07, 6.45) is 8.74. The topological polar surface area (TPSA) is 84.9 Å². The number of ether oxygens (including phenoxy) is 2. The Hall–Kier alpha value is -4.38. The molecule has 2 aromatic rings. The lowest BCUT2D eigenvalue weighted by Crippen LogP contribution is -2.54. The number of hydrogen-bond acceptors (Lipinski definition) is 5. The number of allylic oxidation sites excluding steroid dienone is 1. The molecule has 7 nitrogen and oxygen atoms in total. The van der Waals surface area contributed by atoms with Crippen molar-refractivity contribution in [3.8, 4) is 23.8 Å². The first-order chi connectivity index (χ1) is 15.9. The quantitative estimate of drug-likeness (QED) is 0.289. The van der Waals surface area contributed by atoms with Crippen LogP contribution in [0.15, 0.2) is 54.6 Å². The maximum atomic E-state index is 13.3. The minimum absolute atomic E-state index is 0.0281. The van der Waals surface area contributed by atoms with Crippen molar-refractivity contribution in [2.75, 3.05) is 18.1 Å². The van der Waals surface area contributed by atoms with E-state index in [4.69, 9.17) is 15.9 Å². The minimum Gasteiger partial charge on any atom is -0.490 e. The van der Waals surface area contributed by atoms with Crippen LogP contribution in [-0.4, -0.2) is 31.1 Å². The van der Waals surface area contributed by atoms with Gasteiger partial charge >= 0.3 is 6.03 Å². The highest BCUT2D eigenvalue weighted by Crippen LogP contribution is 2.35. The molecule has 2 aromatic carbocycles. The Morgan fingerprint density at radius 2 is 1.91 bits per heavy atom. The summed E-state index contributed by atoms with van der Waals surface area (Å²) in [7, 11) is 0. The van der Waals surface area contributed by atoms with E-state index in [0.29, 0.717) is 35.7 Å². The number of barbiturate groups is 1. The average Bonchev–Trinajstić information content (AvgIpc) is 2.78. The number of nitrogens with zero attached hydrogens (tertiary/aromatic N) is 1. The lowest BCUT2D eigenvalue weighted by atomic mass is 10.0. The Morgan fingerprint density at radius 1 is 1.18 bits per heavy atom. The third-order valence-electron chi connectivity index (χ3n) is 4.62. The molecule has 1 aliphatic heterocycles. The van der Waals surface area contributed by atoms with Gasteiger partial charge in [0.05, 0.1) is 12.3 Å². The van der Waals surface area contributed by atoms with Gasteiger partial charge in [-0.2, -0.15) is 0 Å². The first-order valence-corrected chi connectivity index (χ1v) is 10.0. The fourth-order valence-electron chi connectivity index (χ4n) is 3.26. The van der Waals surface area contributed by atoms with Crippen LogP contribution in [0.3, 0.4) is 0 Å². The predicted octanol–water partition coefficient (Wildman–Crippen LogP) is 3.63. The Labute approximate surface area is 190 Å². The summed E-state index contributed by atoms with van der Waals surface area (Å²) < 4.78 is 24.6. The number of rotatable bonds is 8. The molecule has 0 radical (unpaired) electrons. The summed E-state index contributed by atoms with van der Waals surface area (Å²) in [6.45, 7) is 5.91. The molecule has 3 rings (SSSR count). The van der Waals surface area contributed by atoms with Crippen LogP contribution in [0.5, 0.6) is 11.5 Å². The van der Waals surface area contributed by atoms with Crippen LogP contribution in [0, 0.1) is 18.2 Å². The maximum absolute atomic E-state index is 13.3. The van der Waals surface area contributed by atoms with E-state index >= 15 is 0 Å². The van der Waals surface area contributed by atoms with Gasteiger partial charge in [0.15, 0.2) is 11.5 Å². The number of nitrogens with one attached hydrogen (secondary N) is 1. The lowest BCUT2D eigenvalue weighted by molar-refractivity contribution is -0.122. The lowest BCUT2D eigenvalue weighted by Gasteiger charge is -2.26. The highest BCUT2D eigenvalue weighted by molar-refractivity contribution is 6.39. The molecule has 1 N–H and O–H groups in total. The number of carbonyl (C=O) groups is 3. The molecule has 1 saturated heterocycles. The summed E-state index contributed by atoms with van der Waals surface area (Å²) in [5.41, 5.74) is 1.00. The van der Waals surface area contributed by atoms with Crippen molar-refractivity contribution in [1.82, 2.24) is 5.32 Å². The number of amides is 4. The molecule has 4 amide bonds. The van der Waals surface area contributed by atoms with Crippen LogP contribution < -0.4 is 19.7 Å². The van der Waals surface area contributed by atoms with E-state index < -0.39 is 23.7 Å². The number of benzene rings is 2. The number of hydrogen-bond donors (Lipinski definition) is 1. The molecule has 0 atom stereocenters. The third kappa shape index (κ3) is 5.10. The monoisotopic (exact) mass is 448 g/mol. The molecule has 0 aromatic heterocycles. The van der Waals surface area contributed by atoms with Crippen molar-refractivity contribution in [2.45, 2.75) is 13.3 Å². The maximum Gasteiger partial charge on any atom is 0.335 e. The molecule has 33 heavy (non-hydrogen) atoms. The van der Waals surface area contributed by atoms with E-state index in [-0.39, 0.29) is 17.9 Å². The van der Waals surface area contributed by atoms with Crippen molar-refractivity contribution in [2.24, 2.45) is 0 Å². The number of terminal acetylenes is 1. The van der Waals surface area contributed by atoms with Crippen molar-refractivity contribution in [3.63, 3.8) is 0 Å². The number of anilines is 1. The van der Waals surface area contributed by atoms with Crippen LogP contribution in [-0.2, 0) is 16.0 Å². The van der Waals surface area contributed by atoms with Gasteiger partial charge in [-0.15, -0.1) is 13.0 Å². The second-order valence-electron chi connectivity index (χ2n) is 6.86. The second kappa shape index (κ2) is 10.3. The van der Waals surface area contributed by atoms with Crippen LogP contribution in [0.4, 0.5) is 14.9 Å². The molecular weight excluding hydrogens is 427 g/mol. The van der Waals surface area contributed by atoms with Gasteiger partial charge in [0, 0.05) is 5.56 Å². The van der Waals surface area contributed by atoms with Gasteiger partial charge in [-0.1, -0.05) is 12.0 Å². The predicted molar refractivity (Wildman–Crippen MR) is 121 cm³/mol. The van der Waals surface area contributed by atoms with Gasteiger partial charge in [-0.3, -0.25) is 14.9 Å². The standard InChI is InChI=1S/C25H21FN2O5/c1-4-7-17-13-16(15-21(32-6-3)22(17)33-12-5-2)14-20-23(29)27-25(31)28(24(20)30)19-10-8-18(26)9-11-19/h2,4,8-11,13-15H,1,6-7,12H2,3H3,(H,27,29,31)/b20-14+. The van der Waals surface area contributed by atoms with E-state index in [1.165, 1.54) is 18.2 Å². The van der Waals surface area contributed by atoms with Crippen molar-refractivity contribution in [3.05, 3.63) is 71.6 Å². The molecule has 0 aliphatic carbocycles. The smallest absolute Gasteiger partial charge is 0.335 e. The van der Waals surface area contributed by atoms with Crippen molar-refractivity contribution in [1.29, 1.82) is 0 Å². The highest BCUT2D eigenvalue weighted by Gasteiger charge is 2.36. The normalized spacial score (nSPS) is 14.6. The van der Waals surface area contributed by atoms with Crippen LogP contribution in [0.1, 0.15) is 18.1 Å². The molecule has 0 saturated carbocycles. The Morgan fingerprint density at radius 3 is 2.55 bits per heavy atom. The summed E-state index contributed by atoms with van der Waals surface area (Å²) in [4.78, 5) is 38.6. The minimum atomic E-state index is -0.922. The second-order valence-corrected chi connectivity index (χ2v) is 6.86. The average molecular weight is 448 g/mol. The highest BCUT2D eigenvalue weighted by atomic mass is 19.1. The zero-order valence-electron chi connectivity index (χ0n) is 17.9. The molecular formula is C25H21FN2O5. The summed E-state index contributed by atoms with van der Waals surface area (Å²) >= 11 is 0. The van der Waals surface area contributed by atoms with Crippen molar-refractivity contribution < 1.29 is 28.2 Å². The van der Waals surface area contributed by atoms with Gasteiger partial charge in [-0.05, 0) is 61.4 Å². The largest absolute Gasteiger partial charge is 0.490 e. The van der Waals surface area contributed by atoms with E-state index in [1.54, 1.807) is 25.1 Å². The summed E-state index contributed by atoms with van der Waals surface area (Å²) in [5, 5.41) is 2.13. The first-order valence-electron chi connectivity index (χ1n) is 10.0. The van der Waals surface area contributed by atoms with E-state index in [9.17, 15) is 18.8 Å². The third-order valence-corrected chi connectivity index (χ3v) is 4.62. The summed E-state index contributed by atoms with van der Waals surface area (Å²) in [6, 6.07) is 7.16. The van der Waals surface area contributed by atoms with Crippen LogP contribution >= 0.6 is 0 Å². The van der Waals surface area contributed by atoms with Gasteiger partial charge in [0.1, 0.15) is 18.0 Å². The SMILES string of the molecule is C#CCOc1c(CC=C)cc(/C=C2\C(=O)NC(=O)N(c3ccc(F)cc3)C2=O)cc1OCC. The number of carbonyl (C=O) groups excluding carboxylic acids is 3. The van der Waals surface area contributed by atoms with Gasteiger partial charge in [0.25, 0.3) is 11.8 Å². The van der Waals surface area contributed by atoms with E-state index in [2.05, 4.69) is 17.8 Å². The van der Waals surface area contributed by atoms with E-state index in [1.807, 2.05) is 0 Å². The fraction of sp³-hybridized carbons (Fsp3) is 0.160. The molecule has 0 bridgehead atoms. The Balaban J connectivity index is 2.07. The van der Waals surface area contributed by atoms with Gasteiger partial charge in [0.2, 0.25) is 0 Å². The Bertz CT molecular complexity index is 1180. The molecule has 0 spiro atoms. The van der Waals surface area contributed by atoms with Crippen LogP contribution in [0.2, 0.25) is 0 Å². The molecule has 1 aliphatic rings. The zero-order chi connectivity index (χ0) is 24.0. The number of urea groups is 1. The molecule has 8 heteroatoms. The molecule has 168 valence electrons. The first kappa shape index (κ1) is 23.3. The van der Waals surface area contributed by atoms with E-state index in [0.717, 1.165) is 17.0 Å².